The molecule has 0 spiro atoms. The molecule has 0 bridgehead atoms. The maximum Gasteiger partial charge on any atom is 0.241 e. The highest BCUT2D eigenvalue weighted by Crippen LogP contribution is 2.34. The number of fused-ring (bicyclic) bond motifs is 1. The third kappa shape index (κ3) is 3.55. The van der Waals surface area contributed by atoms with Crippen LogP contribution in [0.15, 0.2) is 33.7 Å². The van der Waals surface area contributed by atoms with Gasteiger partial charge in [-0.3, -0.25) is 0 Å². The molecule has 3 aromatic rings. The molecule has 27 heavy (non-hydrogen) atoms. The molecule has 4 rings (SSSR count). The Morgan fingerprint density at radius 2 is 2.04 bits per heavy atom. The third-order valence-electron chi connectivity index (χ3n) is 4.06. The molecule has 0 aliphatic carbocycles. The van der Waals surface area contributed by atoms with Crippen molar-refractivity contribution in [3.8, 4) is 22.2 Å². The number of thiophene rings is 1. The highest BCUT2D eigenvalue weighted by Gasteiger charge is 2.22. The summed E-state index contributed by atoms with van der Waals surface area (Å²) in [5, 5.41) is 3.90. The maximum atomic E-state index is 12.7. The van der Waals surface area contributed by atoms with Crippen LogP contribution in [0.2, 0.25) is 0 Å². The van der Waals surface area contributed by atoms with Gasteiger partial charge >= 0.3 is 0 Å². The lowest BCUT2D eigenvalue weighted by Gasteiger charge is -2.07. The third-order valence-corrected chi connectivity index (χ3v) is 6.76. The summed E-state index contributed by atoms with van der Waals surface area (Å²) in [5.41, 5.74) is 0.779. The number of nitrogens with one attached hydrogen (secondary N) is 1. The summed E-state index contributed by atoms with van der Waals surface area (Å²) in [7, 11) is -3.69. The molecule has 0 atom stereocenters. The second kappa shape index (κ2) is 6.95. The van der Waals surface area contributed by atoms with Crippen LogP contribution in [0.1, 0.15) is 23.3 Å². The first-order chi connectivity index (χ1) is 13.0. The molecule has 0 saturated heterocycles. The largest absolute Gasteiger partial charge is 0.454 e. The van der Waals surface area contributed by atoms with Crippen LogP contribution in [0.5, 0.6) is 11.5 Å². The molecule has 1 aliphatic rings. The summed E-state index contributed by atoms with van der Waals surface area (Å²) >= 11 is 1.32. The van der Waals surface area contributed by atoms with E-state index >= 15 is 0 Å². The van der Waals surface area contributed by atoms with Crippen LogP contribution >= 0.6 is 11.3 Å². The number of nitrogens with zero attached hydrogens (tertiary/aromatic N) is 2. The lowest BCUT2D eigenvalue weighted by molar-refractivity contribution is 0.174. The highest BCUT2D eigenvalue weighted by molar-refractivity contribution is 7.89. The number of hydrogen-bond acceptors (Lipinski definition) is 8. The van der Waals surface area contributed by atoms with Crippen molar-refractivity contribution in [2.75, 3.05) is 6.79 Å². The molecule has 1 aliphatic heterocycles. The van der Waals surface area contributed by atoms with E-state index in [1.54, 1.807) is 31.2 Å². The summed E-state index contributed by atoms with van der Waals surface area (Å²) < 4.78 is 43.8. The Hall–Kier alpha value is -2.43. The average molecular weight is 407 g/mol. The fraction of sp³-hybridized carbons (Fsp3) is 0.294. The van der Waals surface area contributed by atoms with Crippen molar-refractivity contribution in [1.82, 2.24) is 14.9 Å². The number of ether oxygens (including phenoxy) is 2. The zero-order valence-corrected chi connectivity index (χ0v) is 16.3. The van der Waals surface area contributed by atoms with Crippen LogP contribution in [0.3, 0.4) is 0 Å². The van der Waals surface area contributed by atoms with Crippen molar-refractivity contribution in [3.63, 3.8) is 0 Å². The van der Waals surface area contributed by atoms with E-state index in [1.807, 2.05) is 6.92 Å². The van der Waals surface area contributed by atoms with E-state index in [0.717, 1.165) is 5.56 Å². The van der Waals surface area contributed by atoms with Gasteiger partial charge < -0.3 is 14.0 Å². The molecule has 3 heterocycles. The summed E-state index contributed by atoms with van der Waals surface area (Å²) in [5.74, 6) is 2.19. The van der Waals surface area contributed by atoms with Crippen molar-refractivity contribution in [2.45, 2.75) is 31.7 Å². The molecule has 0 saturated carbocycles. The van der Waals surface area contributed by atoms with Gasteiger partial charge in [-0.25, -0.2) is 13.1 Å². The lowest BCUT2D eigenvalue weighted by Crippen LogP contribution is -2.23. The molecule has 0 amide bonds. The maximum absolute atomic E-state index is 12.7. The van der Waals surface area contributed by atoms with Gasteiger partial charge in [0.1, 0.15) is 0 Å². The summed E-state index contributed by atoms with van der Waals surface area (Å²) in [6.45, 7) is 3.99. The molecule has 10 heteroatoms. The molecule has 142 valence electrons. The minimum absolute atomic E-state index is 0.145. The first kappa shape index (κ1) is 18.0. The molecule has 1 aromatic carbocycles. The van der Waals surface area contributed by atoms with Crippen LogP contribution in [0.4, 0.5) is 0 Å². The number of sulfonamides is 1. The van der Waals surface area contributed by atoms with E-state index in [0.29, 0.717) is 39.4 Å². The van der Waals surface area contributed by atoms with Gasteiger partial charge in [-0.2, -0.15) is 4.98 Å². The minimum atomic E-state index is -3.69. The van der Waals surface area contributed by atoms with E-state index in [-0.39, 0.29) is 18.2 Å². The van der Waals surface area contributed by atoms with Crippen molar-refractivity contribution >= 4 is 21.4 Å². The van der Waals surface area contributed by atoms with Gasteiger partial charge in [0, 0.05) is 17.8 Å². The van der Waals surface area contributed by atoms with Gasteiger partial charge in [0.15, 0.2) is 11.5 Å². The second-order valence-electron chi connectivity index (χ2n) is 5.91. The Bertz CT molecular complexity index is 1090. The Labute approximate surface area is 160 Å². The topological polar surface area (TPSA) is 104 Å². The SMILES string of the molecule is CCc1nc(-c2cc(S(=O)(=O)NCc3ccc4c(c3)OCO4)c(C)s2)no1. The van der Waals surface area contributed by atoms with Gasteiger partial charge in [0.05, 0.1) is 9.77 Å². The first-order valence-corrected chi connectivity index (χ1v) is 10.6. The first-order valence-electron chi connectivity index (χ1n) is 8.28. The predicted octanol–water partition coefficient (Wildman–Crippen LogP) is 2.88. The molecule has 0 radical (unpaired) electrons. The van der Waals surface area contributed by atoms with Gasteiger partial charge in [-0.1, -0.05) is 18.1 Å². The quantitative estimate of drug-likeness (QED) is 0.670. The lowest BCUT2D eigenvalue weighted by atomic mass is 10.2. The van der Waals surface area contributed by atoms with Crippen LogP contribution in [0, 0.1) is 6.92 Å². The number of aryl methyl sites for hydroxylation is 2. The smallest absolute Gasteiger partial charge is 0.241 e. The number of rotatable bonds is 6. The van der Waals surface area contributed by atoms with Crippen molar-refractivity contribution in [2.24, 2.45) is 0 Å². The molecule has 2 aromatic heterocycles. The highest BCUT2D eigenvalue weighted by atomic mass is 32.2. The Balaban J connectivity index is 1.53. The van der Waals surface area contributed by atoms with Crippen LogP contribution in [0.25, 0.3) is 10.7 Å². The summed E-state index contributed by atoms with van der Waals surface area (Å²) in [6.07, 6.45) is 0.625. The van der Waals surface area contributed by atoms with E-state index < -0.39 is 10.0 Å². The monoisotopic (exact) mass is 407 g/mol. The van der Waals surface area contributed by atoms with E-state index in [9.17, 15) is 8.42 Å². The molecule has 0 fully saturated rings. The van der Waals surface area contributed by atoms with E-state index in [1.165, 1.54) is 11.3 Å². The standard InChI is InChI=1S/C17H17N3O5S2/c1-3-16-19-17(20-25-16)14-7-15(10(2)26-14)27(21,22)18-8-11-4-5-12-13(6-11)24-9-23-12/h4-7,18H,3,8-9H2,1-2H3. The minimum Gasteiger partial charge on any atom is -0.454 e. The Morgan fingerprint density at radius 1 is 1.22 bits per heavy atom. The number of hydrogen-bond donors (Lipinski definition) is 1. The van der Waals surface area contributed by atoms with E-state index in [4.69, 9.17) is 14.0 Å². The van der Waals surface area contributed by atoms with Gasteiger partial charge in [-0.15, -0.1) is 11.3 Å². The molecular formula is C17H17N3O5S2. The normalized spacial score (nSPS) is 13.3. The van der Waals surface area contributed by atoms with Crippen molar-refractivity contribution in [1.29, 1.82) is 0 Å². The molecular weight excluding hydrogens is 390 g/mol. The zero-order chi connectivity index (χ0) is 19.0. The number of benzene rings is 1. The van der Waals surface area contributed by atoms with E-state index in [2.05, 4.69) is 14.9 Å². The van der Waals surface area contributed by atoms with Crippen LogP contribution in [-0.4, -0.2) is 25.4 Å². The summed E-state index contributed by atoms with van der Waals surface area (Å²) in [6, 6.07) is 6.91. The molecule has 8 nitrogen and oxygen atoms in total. The van der Waals surface area contributed by atoms with Gasteiger partial charge in [0.25, 0.3) is 0 Å². The summed E-state index contributed by atoms with van der Waals surface area (Å²) in [4.78, 5) is 5.78. The van der Waals surface area contributed by atoms with Crippen LogP contribution in [-0.2, 0) is 23.0 Å². The molecule has 0 unspecified atom stereocenters. The fourth-order valence-electron chi connectivity index (χ4n) is 2.65. The fourth-order valence-corrected chi connectivity index (χ4v) is 5.18. The van der Waals surface area contributed by atoms with Crippen molar-refractivity contribution < 1.29 is 22.4 Å². The van der Waals surface area contributed by atoms with Crippen LogP contribution < -0.4 is 14.2 Å². The Kier molecular flexibility index (Phi) is 4.62. The van der Waals surface area contributed by atoms with Gasteiger partial charge in [0.2, 0.25) is 28.5 Å². The number of aromatic nitrogens is 2. The van der Waals surface area contributed by atoms with Crippen molar-refractivity contribution in [3.05, 3.63) is 40.6 Å². The predicted molar refractivity (Wildman–Crippen MR) is 98.3 cm³/mol. The molecule has 1 N–H and O–H groups in total. The second-order valence-corrected chi connectivity index (χ2v) is 8.90. The Morgan fingerprint density at radius 3 is 2.81 bits per heavy atom. The average Bonchev–Trinajstić information content (AvgIpc) is 3.38. The zero-order valence-electron chi connectivity index (χ0n) is 14.7. The van der Waals surface area contributed by atoms with Gasteiger partial charge in [-0.05, 0) is 30.7 Å².